The van der Waals surface area contributed by atoms with Crippen molar-refractivity contribution in [2.24, 2.45) is 11.7 Å². The smallest absolute Gasteiger partial charge is 0.219 e. The summed E-state index contributed by atoms with van der Waals surface area (Å²) in [5.74, 6) is 0.555. The van der Waals surface area contributed by atoms with Gasteiger partial charge in [-0.3, -0.25) is 4.79 Å². The van der Waals surface area contributed by atoms with Crippen LogP contribution in [-0.2, 0) is 4.79 Å². The zero-order chi connectivity index (χ0) is 9.90. The van der Waals surface area contributed by atoms with E-state index in [0.717, 1.165) is 31.7 Å². The summed E-state index contributed by atoms with van der Waals surface area (Å²) in [5.41, 5.74) is 5.27. The van der Waals surface area contributed by atoms with Crippen molar-refractivity contribution in [3.05, 3.63) is 0 Å². The number of carbonyl (C=O) groups excluding carboxylic acids is 1. The third kappa shape index (κ3) is 2.69. The van der Waals surface area contributed by atoms with Crippen LogP contribution in [0.5, 0.6) is 0 Å². The highest BCUT2D eigenvalue weighted by atomic mass is 16.1. The van der Waals surface area contributed by atoms with Crippen LogP contribution in [0, 0.1) is 5.92 Å². The van der Waals surface area contributed by atoms with Gasteiger partial charge in [0.15, 0.2) is 0 Å². The second-order valence-corrected chi connectivity index (χ2v) is 4.36. The maximum Gasteiger partial charge on any atom is 0.219 e. The number of primary amides is 1. The minimum atomic E-state index is -0.185. The normalized spacial score (nSPS) is 32.6. The zero-order valence-corrected chi connectivity index (χ0v) is 8.60. The molecule has 0 aromatic rings. The summed E-state index contributed by atoms with van der Waals surface area (Å²) in [6, 6.07) is 0. The molecule has 0 aromatic carbocycles. The van der Waals surface area contributed by atoms with Crippen LogP contribution in [-0.4, -0.2) is 18.0 Å². The molecule has 76 valence electrons. The van der Waals surface area contributed by atoms with E-state index < -0.39 is 0 Å². The first-order valence-electron chi connectivity index (χ1n) is 5.11. The Hall–Kier alpha value is -0.570. The minimum absolute atomic E-state index is 0.0429. The standard InChI is InChI=1S/C10H20N2O/c1-3-4-12-10(7-9(11)13)5-8(2)6-10/h8,12H,3-7H2,1-2H3,(H2,11,13). The number of nitrogens with two attached hydrogens (primary N) is 1. The number of hydrogen-bond acceptors (Lipinski definition) is 2. The molecule has 1 aliphatic carbocycles. The maximum atomic E-state index is 10.9. The van der Waals surface area contributed by atoms with E-state index in [1.807, 2.05) is 0 Å². The first kappa shape index (κ1) is 10.5. The van der Waals surface area contributed by atoms with Crippen LogP contribution in [0.2, 0.25) is 0 Å². The van der Waals surface area contributed by atoms with Gasteiger partial charge < -0.3 is 11.1 Å². The third-order valence-corrected chi connectivity index (χ3v) is 2.74. The van der Waals surface area contributed by atoms with Gasteiger partial charge in [-0.05, 0) is 31.7 Å². The van der Waals surface area contributed by atoms with Gasteiger partial charge in [0.25, 0.3) is 0 Å². The Morgan fingerprint density at radius 2 is 2.23 bits per heavy atom. The van der Waals surface area contributed by atoms with Gasteiger partial charge in [0.2, 0.25) is 5.91 Å². The second-order valence-electron chi connectivity index (χ2n) is 4.36. The van der Waals surface area contributed by atoms with Crippen molar-refractivity contribution in [2.45, 2.75) is 45.1 Å². The Morgan fingerprint density at radius 1 is 1.62 bits per heavy atom. The van der Waals surface area contributed by atoms with Gasteiger partial charge in [0.05, 0.1) is 0 Å². The first-order valence-corrected chi connectivity index (χ1v) is 5.11. The molecule has 0 radical (unpaired) electrons. The summed E-state index contributed by atoms with van der Waals surface area (Å²) in [7, 11) is 0. The molecular weight excluding hydrogens is 164 g/mol. The van der Waals surface area contributed by atoms with Crippen LogP contribution in [0.4, 0.5) is 0 Å². The molecule has 0 saturated heterocycles. The number of hydrogen-bond donors (Lipinski definition) is 2. The van der Waals surface area contributed by atoms with Gasteiger partial charge in [0, 0.05) is 12.0 Å². The van der Waals surface area contributed by atoms with Crippen molar-refractivity contribution in [3.63, 3.8) is 0 Å². The summed E-state index contributed by atoms with van der Waals surface area (Å²) in [4.78, 5) is 10.9. The third-order valence-electron chi connectivity index (χ3n) is 2.74. The average molecular weight is 184 g/mol. The van der Waals surface area contributed by atoms with E-state index in [2.05, 4.69) is 19.2 Å². The molecule has 0 spiro atoms. The van der Waals surface area contributed by atoms with Gasteiger partial charge >= 0.3 is 0 Å². The highest BCUT2D eigenvalue weighted by Gasteiger charge is 2.42. The van der Waals surface area contributed by atoms with Crippen LogP contribution in [0.25, 0.3) is 0 Å². The average Bonchev–Trinajstić information content (AvgIpc) is 1.96. The lowest BCUT2D eigenvalue weighted by Crippen LogP contribution is -2.56. The molecule has 0 heterocycles. The molecule has 1 fully saturated rings. The van der Waals surface area contributed by atoms with E-state index in [1.54, 1.807) is 0 Å². The summed E-state index contributed by atoms with van der Waals surface area (Å²) in [6.45, 7) is 5.33. The van der Waals surface area contributed by atoms with Crippen LogP contribution in [0.15, 0.2) is 0 Å². The van der Waals surface area contributed by atoms with Gasteiger partial charge in [-0.25, -0.2) is 0 Å². The van der Waals surface area contributed by atoms with Crippen LogP contribution in [0.1, 0.15) is 39.5 Å². The first-order chi connectivity index (χ1) is 6.08. The van der Waals surface area contributed by atoms with Crippen molar-refractivity contribution in [1.82, 2.24) is 5.32 Å². The van der Waals surface area contributed by atoms with E-state index in [9.17, 15) is 4.79 Å². The second kappa shape index (κ2) is 4.09. The monoisotopic (exact) mass is 184 g/mol. The van der Waals surface area contributed by atoms with Crippen molar-refractivity contribution < 1.29 is 4.79 Å². The van der Waals surface area contributed by atoms with Crippen LogP contribution >= 0.6 is 0 Å². The van der Waals surface area contributed by atoms with Crippen molar-refractivity contribution in [1.29, 1.82) is 0 Å². The molecule has 13 heavy (non-hydrogen) atoms. The van der Waals surface area contributed by atoms with Crippen LogP contribution < -0.4 is 11.1 Å². The summed E-state index contributed by atoms with van der Waals surface area (Å²) in [5, 5.41) is 3.44. The molecular formula is C10H20N2O. The lowest BCUT2D eigenvalue weighted by atomic mass is 9.67. The number of nitrogens with one attached hydrogen (secondary N) is 1. The molecule has 1 rings (SSSR count). The van der Waals surface area contributed by atoms with E-state index in [1.165, 1.54) is 0 Å². The Kier molecular flexibility index (Phi) is 3.31. The fraction of sp³-hybridized carbons (Fsp3) is 0.900. The summed E-state index contributed by atoms with van der Waals surface area (Å²) >= 11 is 0. The Bertz CT molecular complexity index is 185. The number of amides is 1. The lowest BCUT2D eigenvalue weighted by molar-refractivity contribution is -0.120. The summed E-state index contributed by atoms with van der Waals surface area (Å²) in [6.07, 6.45) is 3.79. The molecule has 0 aromatic heterocycles. The molecule has 1 saturated carbocycles. The fourth-order valence-electron chi connectivity index (χ4n) is 2.35. The van der Waals surface area contributed by atoms with Crippen molar-refractivity contribution in [2.75, 3.05) is 6.54 Å². The van der Waals surface area contributed by atoms with Crippen LogP contribution in [0.3, 0.4) is 0 Å². The molecule has 1 aliphatic rings. The van der Waals surface area contributed by atoms with E-state index >= 15 is 0 Å². The van der Waals surface area contributed by atoms with Crippen molar-refractivity contribution in [3.8, 4) is 0 Å². The molecule has 3 heteroatoms. The molecule has 0 bridgehead atoms. The van der Waals surface area contributed by atoms with Crippen molar-refractivity contribution >= 4 is 5.91 Å². The lowest BCUT2D eigenvalue weighted by Gasteiger charge is -2.47. The van der Waals surface area contributed by atoms with Gasteiger partial charge in [-0.1, -0.05) is 13.8 Å². The minimum Gasteiger partial charge on any atom is -0.370 e. The molecule has 1 amide bonds. The van der Waals surface area contributed by atoms with E-state index in [0.29, 0.717) is 6.42 Å². The Labute approximate surface area is 80.1 Å². The molecule has 3 N–H and O–H groups in total. The zero-order valence-electron chi connectivity index (χ0n) is 8.60. The predicted molar refractivity (Wildman–Crippen MR) is 53.2 cm³/mol. The largest absolute Gasteiger partial charge is 0.370 e. The quantitative estimate of drug-likeness (QED) is 0.670. The number of rotatable bonds is 5. The molecule has 0 atom stereocenters. The summed E-state index contributed by atoms with van der Waals surface area (Å²) < 4.78 is 0. The maximum absolute atomic E-state index is 10.9. The highest BCUT2D eigenvalue weighted by Crippen LogP contribution is 2.39. The Morgan fingerprint density at radius 3 is 2.62 bits per heavy atom. The SMILES string of the molecule is CCCNC1(CC(N)=O)CC(C)C1. The fourth-order valence-corrected chi connectivity index (χ4v) is 2.35. The predicted octanol–water partition coefficient (Wildman–Crippen LogP) is 1.03. The van der Waals surface area contributed by atoms with Gasteiger partial charge in [-0.2, -0.15) is 0 Å². The van der Waals surface area contributed by atoms with E-state index in [-0.39, 0.29) is 11.4 Å². The highest BCUT2D eigenvalue weighted by molar-refractivity contribution is 5.75. The molecule has 0 unspecified atom stereocenters. The topological polar surface area (TPSA) is 55.1 Å². The van der Waals surface area contributed by atoms with E-state index in [4.69, 9.17) is 5.73 Å². The van der Waals surface area contributed by atoms with Gasteiger partial charge in [-0.15, -0.1) is 0 Å². The Balaban J connectivity index is 2.41. The van der Waals surface area contributed by atoms with Gasteiger partial charge in [0.1, 0.15) is 0 Å². The molecule has 3 nitrogen and oxygen atoms in total. The molecule has 0 aliphatic heterocycles. The number of carbonyl (C=O) groups is 1.